The normalized spacial score (nSPS) is 13.6. The van der Waals surface area contributed by atoms with E-state index in [0.717, 1.165) is 22.5 Å². The quantitative estimate of drug-likeness (QED) is 0.768. The zero-order valence-electron chi connectivity index (χ0n) is 12.6. The molecule has 0 aliphatic carbocycles. The number of carbonyl (C=O) groups is 2. The van der Waals surface area contributed by atoms with Crippen LogP contribution in [0.2, 0.25) is 0 Å². The SMILES string of the molecule is Cc1cn(C)c2c1N(C(=O)CCBr)c1ccccc1CC2=O. The topological polar surface area (TPSA) is 42.3 Å². The van der Waals surface area contributed by atoms with Gasteiger partial charge in [-0.2, -0.15) is 0 Å². The van der Waals surface area contributed by atoms with Crippen LogP contribution < -0.4 is 4.90 Å². The van der Waals surface area contributed by atoms with E-state index in [9.17, 15) is 9.59 Å². The zero-order valence-corrected chi connectivity index (χ0v) is 14.2. The van der Waals surface area contributed by atoms with Gasteiger partial charge in [-0.3, -0.25) is 14.5 Å². The predicted molar refractivity (Wildman–Crippen MR) is 90.2 cm³/mol. The summed E-state index contributed by atoms with van der Waals surface area (Å²) in [4.78, 5) is 27.1. The van der Waals surface area contributed by atoms with Gasteiger partial charge in [-0.1, -0.05) is 34.1 Å². The van der Waals surface area contributed by atoms with E-state index < -0.39 is 0 Å². The van der Waals surface area contributed by atoms with Crippen LogP contribution in [0.15, 0.2) is 30.5 Å². The third-order valence-electron chi connectivity index (χ3n) is 3.97. The highest BCUT2D eigenvalue weighted by Gasteiger charge is 2.32. The number of alkyl halides is 1. The van der Waals surface area contributed by atoms with Crippen LogP contribution in [0, 0.1) is 6.92 Å². The van der Waals surface area contributed by atoms with Crippen molar-refractivity contribution in [1.29, 1.82) is 0 Å². The Labute approximate surface area is 137 Å². The number of fused-ring (bicyclic) bond motifs is 2. The number of halogens is 1. The first-order chi connectivity index (χ1) is 10.5. The Morgan fingerprint density at radius 3 is 2.77 bits per heavy atom. The number of benzene rings is 1. The highest BCUT2D eigenvalue weighted by molar-refractivity contribution is 9.09. The van der Waals surface area contributed by atoms with Crippen LogP contribution in [0.25, 0.3) is 0 Å². The number of nitrogens with zero attached hydrogens (tertiary/aromatic N) is 2. The van der Waals surface area contributed by atoms with E-state index in [1.54, 1.807) is 4.90 Å². The Hall–Kier alpha value is -1.88. The summed E-state index contributed by atoms with van der Waals surface area (Å²) in [5.74, 6) is 0.0433. The monoisotopic (exact) mass is 360 g/mol. The van der Waals surface area contributed by atoms with Crippen LogP contribution in [0.3, 0.4) is 0 Å². The number of rotatable bonds is 2. The van der Waals surface area contributed by atoms with E-state index in [0.29, 0.717) is 23.9 Å². The molecule has 0 saturated heterocycles. The molecule has 0 radical (unpaired) electrons. The first-order valence-electron chi connectivity index (χ1n) is 7.20. The molecule has 0 spiro atoms. The summed E-state index contributed by atoms with van der Waals surface area (Å²) in [5, 5.41) is 0.597. The molecule has 2 heterocycles. The average molecular weight is 361 g/mol. The lowest BCUT2D eigenvalue weighted by Crippen LogP contribution is -2.27. The molecule has 5 heteroatoms. The van der Waals surface area contributed by atoms with Crippen molar-refractivity contribution in [2.24, 2.45) is 7.05 Å². The summed E-state index contributed by atoms with van der Waals surface area (Å²) in [6.07, 6.45) is 2.61. The molecule has 2 aromatic rings. The molecule has 1 aromatic heterocycles. The fourth-order valence-corrected chi connectivity index (χ4v) is 3.43. The van der Waals surface area contributed by atoms with E-state index in [-0.39, 0.29) is 11.7 Å². The molecular formula is C17H17BrN2O2. The van der Waals surface area contributed by atoms with Gasteiger partial charge in [0.25, 0.3) is 0 Å². The summed E-state index contributed by atoms with van der Waals surface area (Å²) in [6.45, 7) is 1.94. The second-order valence-electron chi connectivity index (χ2n) is 5.52. The molecule has 1 aliphatic heterocycles. The molecule has 0 saturated carbocycles. The van der Waals surface area contributed by atoms with Gasteiger partial charge in [0.1, 0.15) is 5.69 Å². The minimum absolute atomic E-state index is 0.00502. The molecule has 1 aromatic carbocycles. The summed E-state index contributed by atoms with van der Waals surface area (Å²) in [6, 6.07) is 7.64. The van der Waals surface area contributed by atoms with E-state index in [1.165, 1.54) is 0 Å². The zero-order chi connectivity index (χ0) is 15.9. The molecule has 1 aliphatic rings. The fourth-order valence-electron chi connectivity index (χ4n) is 3.09. The highest BCUT2D eigenvalue weighted by atomic mass is 79.9. The van der Waals surface area contributed by atoms with Crippen LogP contribution >= 0.6 is 15.9 Å². The van der Waals surface area contributed by atoms with Crippen LogP contribution in [-0.4, -0.2) is 21.6 Å². The van der Waals surface area contributed by atoms with E-state index >= 15 is 0 Å². The average Bonchev–Trinajstić information content (AvgIpc) is 2.68. The van der Waals surface area contributed by atoms with Gasteiger partial charge in [0.15, 0.2) is 5.78 Å². The Morgan fingerprint density at radius 1 is 1.32 bits per heavy atom. The van der Waals surface area contributed by atoms with Gasteiger partial charge in [0.2, 0.25) is 5.91 Å². The largest absolute Gasteiger partial charge is 0.346 e. The Morgan fingerprint density at radius 2 is 2.05 bits per heavy atom. The van der Waals surface area contributed by atoms with Crippen LogP contribution in [0.4, 0.5) is 11.4 Å². The van der Waals surface area contributed by atoms with Gasteiger partial charge in [0, 0.05) is 31.4 Å². The first-order valence-corrected chi connectivity index (χ1v) is 8.32. The number of para-hydroxylation sites is 1. The third-order valence-corrected chi connectivity index (χ3v) is 4.36. The smallest absolute Gasteiger partial charge is 0.232 e. The van der Waals surface area contributed by atoms with Crippen LogP contribution in [0.5, 0.6) is 0 Å². The number of amides is 1. The van der Waals surface area contributed by atoms with E-state index in [4.69, 9.17) is 0 Å². The van der Waals surface area contributed by atoms with Crippen LogP contribution in [-0.2, 0) is 18.3 Å². The van der Waals surface area contributed by atoms with Crippen molar-refractivity contribution in [3.05, 3.63) is 47.3 Å². The standard InChI is InChI=1S/C17H17BrN2O2/c1-11-10-19(2)17-14(21)9-12-5-3-4-6-13(12)20(16(11)17)15(22)7-8-18/h3-6,10H,7-9H2,1-2H3. The van der Waals surface area contributed by atoms with Gasteiger partial charge in [-0.05, 0) is 24.1 Å². The summed E-state index contributed by atoms with van der Waals surface area (Å²) >= 11 is 3.33. The molecule has 0 bridgehead atoms. The maximum atomic E-state index is 12.7. The highest BCUT2D eigenvalue weighted by Crippen LogP contribution is 2.39. The van der Waals surface area contributed by atoms with Gasteiger partial charge in [0.05, 0.1) is 11.4 Å². The minimum atomic E-state index is -0.00502. The lowest BCUT2D eigenvalue weighted by molar-refractivity contribution is -0.117. The maximum Gasteiger partial charge on any atom is 0.232 e. The molecule has 0 unspecified atom stereocenters. The second kappa shape index (κ2) is 5.72. The van der Waals surface area contributed by atoms with Gasteiger partial charge >= 0.3 is 0 Å². The summed E-state index contributed by atoms with van der Waals surface area (Å²) < 4.78 is 1.83. The Balaban J connectivity index is 2.29. The lowest BCUT2D eigenvalue weighted by atomic mass is 10.1. The number of aromatic nitrogens is 1. The Kier molecular flexibility index (Phi) is 3.91. The molecule has 4 nitrogen and oxygen atoms in total. The Bertz CT molecular complexity index is 764. The van der Waals surface area contributed by atoms with E-state index in [2.05, 4.69) is 15.9 Å². The van der Waals surface area contributed by atoms with Gasteiger partial charge in [-0.15, -0.1) is 0 Å². The summed E-state index contributed by atoms with van der Waals surface area (Å²) in [5.41, 5.74) is 3.98. The number of hydrogen-bond donors (Lipinski definition) is 0. The lowest BCUT2D eigenvalue weighted by Gasteiger charge is -2.24. The van der Waals surface area contributed by atoms with Gasteiger partial charge in [-0.25, -0.2) is 0 Å². The van der Waals surface area contributed by atoms with Crippen molar-refractivity contribution in [3.8, 4) is 0 Å². The van der Waals surface area contributed by atoms with Crippen molar-refractivity contribution in [2.45, 2.75) is 19.8 Å². The number of Topliss-reactive ketones (excluding diaryl/α,β-unsaturated/α-hetero) is 1. The predicted octanol–water partition coefficient (Wildman–Crippen LogP) is 3.52. The van der Waals surface area contributed by atoms with Crippen molar-refractivity contribution in [3.63, 3.8) is 0 Å². The van der Waals surface area contributed by atoms with Crippen molar-refractivity contribution < 1.29 is 9.59 Å². The fraction of sp³-hybridized carbons (Fsp3) is 0.294. The maximum absolute atomic E-state index is 12.7. The molecule has 22 heavy (non-hydrogen) atoms. The molecule has 0 atom stereocenters. The molecule has 3 rings (SSSR count). The second-order valence-corrected chi connectivity index (χ2v) is 6.31. The number of anilines is 2. The third kappa shape index (κ3) is 2.29. The molecule has 114 valence electrons. The van der Waals surface area contributed by atoms with Crippen LogP contribution in [0.1, 0.15) is 28.0 Å². The first kappa shape index (κ1) is 15.0. The molecule has 1 amide bonds. The summed E-state index contributed by atoms with van der Waals surface area (Å²) in [7, 11) is 1.85. The number of ketones is 1. The number of aryl methyl sites for hydroxylation is 2. The molecule has 0 N–H and O–H groups in total. The minimum Gasteiger partial charge on any atom is -0.346 e. The van der Waals surface area contributed by atoms with Crippen molar-refractivity contribution in [2.75, 3.05) is 10.2 Å². The van der Waals surface area contributed by atoms with Gasteiger partial charge < -0.3 is 4.57 Å². The number of hydrogen-bond acceptors (Lipinski definition) is 2. The number of carbonyl (C=O) groups excluding carboxylic acids is 2. The van der Waals surface area contributed by atoms with E-state index in [1.807, 2.05) is 49.0 Å². The molecule has 0 fully saturated rings. The molecular weight excluding hydrogens is 344 g/mol. The van der Waals surface area contributed by atoms with Crippen molar-refractivity contribution >= 4 is 39.0 Å². The van der Waals surface area contributed by atoms with Crippen molar-refractivity contribution in [1.82, 2.24) is 4.57 Å².